The van der Waals surface area contributed by atoms with Gasteiger partial charge >= 0.3 is 6.16 Å². The molecule has 0 spiro atoms. The van der Waals surface area contributed by atoms with Crippen molar-refractivity contribution < 1.29 is 19.0 Å². The van der Waals surface area contributed by atoms with E-state index in [1.54, 1.807) is 13.8 Å². The summed E-state index contributed by atoms with van der Waals surface area (Å²) in [7, 11) is 0. The van der Waals surface area contributed by atoms with Gasteiger partial charge in [0.15, 0.2) is 0 Å². The third-order valence-corrected chi connectivity index (χ3v) is 5.24. The van der Waals surface area contributed by atoms with E-state index in [2.05, 4.69) is 11.0 Å². The van der Waals surface area contributed by atoms with Crippen LogP contribution in [0.2, 0.25) is 5.02 Å². The summed E-state index contributed by atoms with van der Waals surface area (Å²) in [5.74, 6) is 2.16. The van der Waals surface area contributed by atoms with E-state index in [-0.39, 0.29) is 24.7 Å². The molecule has 0 N–H and O–H groups in total. The summed E-state index contributed by atoms with van der Waals surface area (Å²) in [5, 5.41) is 0.692. The zero-order chi connectivity index (χ0) is 19.0. The average Bonchev–Trinajstić information content (AvgIpc) is 3.00. The molecule has 2 unspecified atom stereocenters. The topological polar surface area (TPSA) is 48.0 Å². The minimum Gasteiger partial charge on any atom is -0.457 e. The van der Waals surface area contributed by atoms with Crippen LogP contribution < -0.4 is 4.74 Å². The molecule has 2 aromatic rings. The van der Waals surface area contributed by atoms with Crippen molar-refractivity contribution in [1.82, 2.24) is 4.90 Å². The Hall–Kier alpha value is -2.24. The van der Waals surface area contributed by atoms with E-state index < -0.39 is 6.16 Å². The van der Waals surface area contributed by atoms with Gasteiger partial charge in [-0.05, 0) is 43.7 Å². The van der Waals surface area contributed by atoms with Crippen LogP contribution in [0.1, 0.15) is 36.8 Å². The number of carbonyl (C=O) groups is 1. The average molecular weight is 388 g/mol. The third-order valence-electron chi connectivity index (χ3n) is 5.00. The number of hydrogen-bond donors (Lipinski definition) is 0. The largest absolute Gasteiger partial charge is 0.509 e. The highest BCUT2D eigenvalue weighted by Gasteiger charge is 2.40. The summed E-state index contributed by atoms with van der Waals surface area (Å²) in [6.07, 6.45) is -0.829. The van der Waals surface area contributed by atoms with Crippen LogP contribution in [0.3, 0.4) is 0 Å². The van der Waals surface area contributed by atoms with Crippen molar-refractivity contribution in [2.75, 3.05) is 19.8 Å². The number of ether oxygens (including phenoxy) is 3. The van der Waals surface area contributed by atoms with Crippen LogP contribution in [0.5, 0.6) is 11.5 Å². The van der Waals surface area contributed by atoms with Gasteiger partial charge in [0, 0.05) is 35.5 Å². The Morgan fingerprint density at radius 3 is 2.63 bits per heavy atom. The maximum Gasteiger partial charge on any atom is 0.509 e. The van der Waals surface area contributed by atoms with Crippen LogP contribution in [0, 0.1) is 0 Å². The molecule has 0 aliphatic carbocycles. The fourth-order valence-corrected chi connectivity index (χ4v) is 4.07. The fraction of sp³-hybridized carbons (Fsp3) is 0.381. The summed E-state index contributed by atoms with van der Waals surface area (Å²) < 4.78 is 16.5. The van der Waals surface area contributed by atoms with Crippen LogP contribution in [-0.4, -0.2) is 37.0 Å². The highest BCUT2D eigenvalue weighted by atomic mass is 35.5. The standard InChI is InChI=1S/C21H22ClNO4/c1-13(2)26-21(24)25-12-23-10-17-15-5-3-4-6-19(15)27-20-8-7-14(22)9-16(20)18(17)11-23/h3-9,13,17-18H,10-12H2,1-2H3. The van der Waals surface area contributed by atoms with Gasteiger partial charge in [-0.2, -0.15) is 0 Å². The second-order valence-electron chi connectivity index (χ2n) is 7.26. The van der Waals surface area contributed by atoms with Crippen molar-refractivity contribution in [2.45, 2.75) is 31.8 Å². The SMILES string of the molecule is CC(C)OC(=O)OCN1CC2c3ccccc3Oc3ccc(Cl)cc3C2C1. The number of hydrogen-bond acceptors (Lipinski definition) is 5. The van der Waals surface area contributed by atoms with Gasteiger partial charge in [-0.1, -0.05) is 29.8 Å². The van der Waals surface area contributed by atoms with Gasteiger partial charge in [-0.15, -0.1) is 0 Å². The smallest absolute Gasteiger partial charge is 0.457 e. The molecule has 142 valence electrons. The third kappa shape index (κ3) is 3.75. The Morgan fingerprint density at radius 1 is 1.15 bits per heavy atom. The molecule has 5 nitrogen and oxygen atoms in total. The van der Waals surface area contributed by atoms with Gasteiger partial charge in [-0.25, -0.2) is 4.79 Å². The Labute approximate surface area is 163 Å². The lowest BCUT2D eigenvalue weighted by Gasteiger charge is -2.18. The van der Waals surface area contributed by atoms with Gasteiger partial charge < -0.3 is 14.2 Å². The number of rotatable bonds is 3. The lowest BCUT2D eigenvalue weighted by atomic mass is 9.84. The van der Waals surface area contributed by atoms with Gasteiger partial charge in [0.25, 0.3) is 0 Å². The monoisotopic (exact) mass is 387 g/mol. The van der Waals surface area contributed by atoms with Crippen molar-refractivity contribution >= 4 is 17.8 Å². The first-order valence-corrected chi connectivity index (χ1v) is 9.51. The number of halogens is 1. The summed E-state index contributed by atoms with van der Waals surface area (Å²) in [5.41, 5.74) is 2.26. The normalized spacial score (nSPS) is 20.9. The first kappa shape index (κ1) is 18.1. The van der Waals surface area contributed by atoms with Crippen molar-refractivity contribution in [3.05, 3.63) is 58.6 Å². The molecule has 6 heteroatoms. The molecule has 27 heavy (non-hydrogen) atoms. The van der Waals surface area contributed by atoms with E-state index in [1.807, 2.05) is 36.4 Å². The molecule has 0 radical (unpaired) electrons. The summed E-state index contributed by atoms with van der Waals surface area (Å²) in [6, 6.07) is 13.9. The van der Waals surface area contributed by atoms with Crippen molar-refractivity contribution in [2.24, 2.45) is 0 Å². The minimum absolute atomic E-state index is 0.194. The van der Waals surface area contributed by atoms with Crippen LogP contribution >= 0.6 is 11.6 Å². The molecule has 0 bridgehead atoms. The van der Waals surface area contributed by atoms with E-state index in [0.717, 1.165) is 30.2 Å². The molecular formula is C21H22ClNO4. The Balaban J connectivity index is 1.59. The second-order valence-corrected chi connectivity index (χ2v) is 7.70. The van der Waals surface area contributed by atoms with E-state index in [4.69, 9.17) is 25.8 Å². The van der Waals surface area contributed by atoms with Crippen LogP contribution in [-0.2, 0) is 9.47 Å². The highest BCUT2D eigenvalue weighted by Crippen LogP contribution is 2.50. The maximum atomic E-state index is 11.7. The van der Waals surface area contributed by atoms with E-state index in [9.17, 15) is 4.79 Å². The molecule has 2 atom stereocenters. The molecular weight excluding hydrogens is 366 g/mol. The maximum absolute atomic E-state index is 11.7. The van der Waals surface area contributed by atoms with Gasteiger partial charge in [0.1, 0.15) is 18.2 Å². The first-order chi connectivity index (χ1) is 13.0. The number of para-hydroxylation sites is 1. The highest BCUT2D eigenvalue weighted by molar-refractivity contribution is 6.30. The van der Waals surface area contributed by atoms with Gasteiger partial charge in [0.2, 0.25) is 0 Å². The molecule has 1 fully saturated rings. The van der Waals surface area contributed by atoms with E-state index >= 15 is 0 Å². The fourth-order valence-electron chi connectivity index (χ4n) is 3.89. The van der Waals surface area contributed by atoms with Crippen LogP contribution in [0.4, 0.5) is 4.79 Å². The molecule has 4 rings (SSSR count). The first-order valence-electron chi connectivity index (χ1n) is 9.13. The van der Waals surface area contributed by atoms with E-state index in [0.29, 0.717) is 5.02 Å². The number of fused-ring (bicyclic) bond motifs is 5. The minimum atomic E-state index is -0.635. The summed E-state index contributed by atoms with van der Waals surface area (Å²) in [6.45, 7) is 5.33. The summed E-state index contributed by atoms with van der Waals surface area (Å²) >= 11 is 6.26. The number of nitrogens with zero attached hydrogens (tertiary/aromatic N) is 1. The van der Waals surface area contributed by atoms with Crippen molar-refractivity contribution in [3.63, 3.8) is 0 Å². The zero-order valence-corrected chi connectivity index (χ0v) is 16.1. The zero-order valence-electron chi connectivity index (χ0n) is 15.4. The molecule has 0 amide bonds. The van der Waals surface area contributed by atoms with E-state index in [1.165, 1.54) is 5.56 Å². The summed E-state index contributed by atoms with van der Waals surface area (Å²) in [4.78, 5) is 13.8. The molecule has 0 saturated carbocycles. The Kier molecular flexibility index (Phi) is 4.98. The molecule has 2 aromatic carbocycles. The van der Waals surface area contributed by atoms with Crippen molar-refractivity contribution in [1.29, 1.82) is 0 Å². The predicted octanol–water partition coefficient (Wildman–Crippen LogP) is 5.15. The molecule has 2 heterocycles. The van der Waals surface area contributed by atoms with Gasteiger partial charge in [0.05, 0.1) is 6.10 Å². The van der Waals surface area contributed by atoms with Crippen molar-refractivity contribution in [3.8, 4) is 11.5 Å². The lowest BCUT2D eigenvalue weighted by molar-refractivity contribution is 0.00417. The molecule has 1 saturated heterocycles. The number of carbonyl (C=O) groups excluding carboxylic acids is 1. The molecule has 2 aliphatic heterocycles. The van der Waals surface area contributed by atoms with Crippen LogP contribution in [0.25, 0.3) is 0 Å². The Morgan fingerprint density at radius 2 is 1.85 bits per heavy atom. The number of benzene rings is 2. The quantitative estimate of drug-likeness (QED) is 0.682. The molecule has 0 aromatic heterocycles. The lowest BCUT2D eigenvalue weighted by Crippen LogP contribution is -2.27. The second kappa shape index (κ2) is 7.41. The molecule has 2 aliphatic rings. The van der Waals surface area contributed by atoms with Crippen LogP contribution in [0.15, 0.2) is 42.5 Å². The predicted molar refractivity (Wildman–Crippen MR) is 103 cm³/mol. The van der Waals surface area contributed by atoms with Gasteiger partial charge in [-0.3, -0.25) is 4.90 Å². The Bertz CT molecular complexity index is 854. The number of likely N-dealkylation sites (tertiary alicyclic amines) is 1.